The molecule has 0 radical (unpaired) electrons. The minimum Gasteiger partial charge on any atom is -0.143 e. The smallest absolute Gasteiger partial charge is 0.0424 e. The first kappa shape index (κ1) is 15.6. The summed E-state index contributed by atoms with van der Waals surface area (Å²) in [6.07, 6.45) is 2.38. The van der Waals surface area contributed by atoms with Gasteiger partial charge in [-0.2, -0.15) is 0 Å². The van der Waals surface area contributed by atoms with Gasteiger partial charge in [0.2, 0.25) is 0 Å². The summed E-state index contributed by atoms with van der Waals surface area (Å²) in [5, 5.41) is 13.1. The van der Waals surface area contributed by atoms with Gasteiger partial charge in [-0.1, -0.05) is 61.9 Å². The second-order valence-electron chi connectivity index (χ2n) is 7.27. The highest BCUT2D eigenvalue weighted by atomic mass is 32.1. The second kappa shape index (κ2) is 5.79. The molecule has 0 spiro atoms. The van der Waals surface area contributed by atoms with Gasteiger partial charge in [-0.25, -0.2) is 0 Å². The van der Waals surface area contributed by atoms with E-state index in [1.54, 1.807) is 0 Å². The molecule has 0 N–H and O–H groups in total. The van der Waals surface area contributed by atoms with Gasteiger partial charge in [-0.3, -0.25) is 0 Å². The molecule has 130 valence electrons. The molecule has 2 heterocycles. The molecule has 27 heavy (non-hydrogen) atoms. The van der Waals surface area contributed by atoms with Crippen molar-refractivity contribution in [3.63, 3.8) is 0 Å². The molecule has 0 atom stereocenters. The summed E-state index contributed by atoms with van der Waals surface area (Å²) in [5.41, 5.74) is 0. The van der Waals surface area contributed by atoms with Crippen LogP contribution in [0.4, 0.5) is 0 Å². The Hall–Kier alpha value is -2.42. The topological polar surface area (TPSA) is 0 Å². The molecule has 0 aliphatic heterocycles. The van der Waals surface area contributed by atoms with Crippen LogP contribution < -0.4 is 0 Å². The maximum atomic E-state index is 2.38. The monoisotopic (exact) mass is 382 g/mol. The number of thiophene rings is 2. The Morgan fingerprint density at radius 1 is 0.630 bits per heavy atom. The average Bonchev–Trinajstić information content (AvgIpc) is 3.33. The Kier molecular flexibility index (Phi) is 3.35. The van der Waals surface area contributed by atoms with Crippen LogP contribution in [0.3, 0.4) is 0 Å². The fourth-order valence-electron chi connectivity index (χ4n) is 4.39. The molecule has 0 aliphatic carbocycles. The molecule has 0 fully saturated rings. The zero-order valence-electron chi connectivity index (χ0n) is 15.1. The fourth-order valence-corrected chi connectivity index (χ4v) is 6.60. The third-order valence-electron chi connectivity index (χ3n) is 5.64. The average molecular weight is 383 g/mol. The highest BCUT2D eigenvalue weighted by molar-refractivity contribution is 7.20. The van der Waals surface area contributed by atoms with Gasteiger partial charge in [0.1, 0.15) is 0 Å². The third kappa shape index (κ3) is 2.20. The Morgan fingerprint density at radius 2 is 1.22 bits per heavy atom. The zero-order valence-corrected chi connectivity index (χ0v) is 16.7. The molecular weight excluding hydrogens is 364 g/mol. The lowest BCUT2D eigenvalue weighted by atomic mass is 9.96. The van der Waals surface area contributed by atoms with Crippen LogP contribution in [0.25, 0.3) is 52.5 Å². The molecule has 0 bridgehead atoms. The fraction of sp³-hybridized carbons (Fsp3) is 0.120. The Labute approximate surface area is 165 Å². The van der Waals surface area contributed by atoms with E-state index in [4.69, 9.17) is 0 Å². The SMILES string of the molecule is CCCc1cc2ccc3c4ccc5c(ccc6ccsc65)c4ccc3c2s1. The van der Waals surface area contributed by atoms with E-state index in [-0.39, 0.29) is 0 Å². The Bertz CT molecular complexity index is 1480. The lowest BCUT2D eigenvalue weighted by molar-refractivity contribution is 0.941. The quantitative estimate of drug-likeness (QED) is 0.263. The molecule has 4 aromatic carbocycles. The molecule has 0 nitrogen and oxygen atoms in total. The largest absolute Gasteiger partial charge is 0.143 e. The molecule has 6 aromatic rings. The summed E-state index contributed by atoms with van der Waals surface area (Å²) in [4.78, 5) is 1.50. The van der Waals surface area contributed by atoms with Gasteiger partial charge in [0.05, 0.1) is 0 Å². The van der Waals surface area contributed by atoms with Crippen LogP contribution in [0.2, 0.25) is 0 Å². The van der Waals surface area contributed by atoms with Crippen molar-refractivity contribution in [2.24, 2.45) is 0 Å². The van der Waals surface area contributed by atoms with Gasteiger partial charge in [0, 0.05) is 25.0 Å². The van der Waals surface area contributed by atoms with Crippen molar-refractivity contribution in [3.8, 4) is 0 Å². The van der Waals surface area contributed by atoms with Gasteiger partial charge < -0.3 is 0 Å². The van der Waals surface area contributed by atoms with Crippen LogP contribution >= 0.6 is 22.7 Å². The number of hydrogen-bond donors (Lipinski definition) is 0. The molecule has 0 amide bonds. The van der Waals surface area contributed by atoms with Crippen molar-refractivity contribution in [3.05, 3.63) is 70.9 Å². The summed E-state index contributed by atoms with van der Waals surface area (Å²) in [6, 6.07) is 23.1. The van der Waals surface area contributed by atoms with Crippen molar-refractivity contribution in [1.29, 1.82) is 0 Å². The van der Waals surface area contributed by atoms with Gasteiger partial charge in [0.15, 0.2) is 0 Å². The van der Waals surface area contributed by atoms with E-state index in [0.717, 1.165) is 0 Å². The van der Waals surface area contributed by atoms with Crippen molar-refractivity contribution >= 4 is 75.2 Å². The third-order valence-corrected chi connectivity index (χ3v) is 7.84. The van der Waals surface area contributed by atoms with Crippen molar-refractivity contribution in [2.45, 2.75) is 19.8 Å². The van der Waals surface area contributed by atoms with Crippen molar-refractivity contribution < 1.29 is 0 Å². The molecular formula is C25H18S2. The maximum absolute atomic E-state index is 2.38. The summed E-state index contributed by atoms with van der Waals surface area (Å²) in [5.74, 6) is 0. The number of benzene rings is 4. The molecule has 0 unspecified atom stereocenters. The van der Waals surface area contributed by atoms with E-state index in [1.165, 1.54) is 70.2 Å². The minimum atomic E-state index is 1.18. The van der Waals surface area contributed by atoms with Crippen LogP contribution in [0.15, 0.2) is 66.0 Å². The van der Waals surface area contributed by atoms with E-state index >= 15 is 0 Å². The van der Waals surface area contributed by atoms with Crippen LogP contribution in [-0.4, -0.2) is 0 Å². The first-order valence-corrected chi connectivity index (χ1v) is 11.2. The molecule has 0 aliphatic rings. The van der Waals surface area contributed by atoms with E-state index in [9.17, 15) is 0 Å². The van der Waals surface area contributed by atoms with E-state index in [0.29, 0.717) is 0 Å². The molecule has 6 rings (SSSR count). The first-order chi connectivity index (χ1) is 13.3. The summed E-state index contributed by atoms with van der Waals surface area (Å²) < 4.78 is 2.83. The number of fused-ring (bicyclic) bond motifs is 9. The Morgan fingerprint density at radius 3 is 1.96 bits per heavy atom. The first-order valence-electron chi connectivity index (χ1n) is 9.50. The van der Waals surface area contributed by atoms with Crippen molar-refractivity contribution in [1.82, 2.24) is 0 Å². The lowest BCUT2D eigenvalue weighted by Crippen LogP contribution is -1.81. The highest BCUT2D eigenvalue weighted by Gasteiger charge is 2.11. The second-order valence-corrected chi connectivity index (χ2v) is 9.32. The minimum absolute atomic E-state index is 1.18. The summed E-state index contributed by atoms with van der Waals surface area (Å²) in [6.45, 7) is 2.26. The summed E-state index contributed by atoms with van der Waals surface area (Å²) in [7, 11) is 0. The number of aryl methyl sites for hydroxylation is 1. The standard InChI is InChI=1S/C25H18S2/c1-2-3-17-14-16-5-7-21-19-8-10-22-20(6-4-15-12-13-26-24(15)22)18(19)9-11-23(21)25(16)27-17/h4-14H,2-3H2,1H3. The maximum Gasteiger partial charge on any atom is 0.0424 e. The zero-order chi connectivity index (χ0) is 18.0. The van der Waals surface area contributed by atoms with Crippen LogP contribution in [-0.2, 0) is 6.42 Å². The van der Waals surface area contributed by atoms with Gasteiger partial charge in [0.25, 0.3) is 0 Å². The predicted molar refractivity (Wildman–Crippen MR) is 124 cm³/mol. The normalized spacial score (nSPS) is 12.2. The Balaban J connectivity index is 1.73. The number of rotatable bonds is 2. The predicted octanol–water partition coefficient (Wildman–Crippen LogP) is 8.53. The lowest BCUT2D eigenvalue weighted by Gasteiger charge is -2.09. The van der Waals surface area contributed by atoms with Crippen molar-refractivity contribution in [2.75, 3.05) is 0 Å². The molecule has 0 saturated heterocycles. The van der Waals surface area contributed by atoms with Gasteiger partial charge >= 0.3 is 0 Å². The van der Waals surface area contributed by atoms with E-state index in [2.05, 4.69) is 73.0 Å². The number of hydrogen-bond acceptors (Lipinski definition) is 2. The molecule has 2 heteroatoms. The van der Waals surface area contributed by atoms with E-state index < -0.39 is 0 Å². The highest BCUT2D eigenvalue weighted by Crippen LogP contribution is 2.40. The van der Waals surface area contributed by atoms with Crippen LogP contribution in [0.5, 0.6) is 0 Å². The van der Waals surface area contributed by atoms with Gasteiger partial charge in [-0.05, 0) is 56.3 Å². The van der Waals surface area contributed by atoms with E-state index in [1.807, 2.05) is 22.7 Å². The van der Waals surface area contributed by atoms with Crippen LogP contribution in [0.1, 0.15) is 18.2 Å². The summed E-state index contributed by atoms with van der Waals surface area (Å²) >= 11 is 3.81. The van der Waals surface area contributed by atoms with Gasteiger partial charge in [-0.15, -0.1) is 22.7 Å². The van der Waals surface area contributed by atoms with Crippen LogP contribution in [0, 0.1) is 0 Å². The molecule has 2 aromatic heterocycles. The molecule has 0 saturated carbocycles.